The third kappa shape index (κ3) is 5.36. The van der Waals surface area contributed by atoms with Gasteiger partial charge in [-0.25, -0.2) is 8.42 Å². The van der Waals surface area contributed by atoms with Crippen LogP contribution in [0.5, 0.6) is 0 Å². The molecule has 0 amide bonds. The lowest BCUT2D eigenvalue weighted by molar-refractivity contribution is -0.236. The molecule has 0 bridgehead atoms. The molecule has 2 aliphatic rings. The van der Waals surface area contributed by atoms with Crippen LogP contribution in [0.3, 0.4) is 0 Å². The highest BCUT2D eigenvalue weighted by atomic mass is 32.2. The number of benzene rings is 1. The number of alkyl halides is 3. The Hall–Kier alpha value is -1.32. The molecular formula is C18H25F3N2O3S. The molecule has 1 aromatic rings. The van der Waals surface area contributed by atoms with Crippen molar-refractivity contribution in [1.82, 2.24) is 4.90 Å². The van der Waals surface area contributed by atoms with Crippen LogP contribution >= 0.6 is 0 Å². The highest BCUT2D eigenvalue weighted by molar-refractivity contribution is 7.90. The first-order chi connectivity index (χ1) is 12.6. The van der Waals surface area contributed by atoms with Crippen LogP contribution in [0, 0.1) is 5.92 Å². The van der Waals surface area contributed by atoms with Gasteiger partial charge < -0.3 is 9.64 Å². The SMILES string of the molecule is CS(=O)(=O)c1cccc(N2CCN(C[C@@H]3CC[C@@H](C(F)(F)F)OC3)CC2)c1. The minimum absolute atomic E-state index is 0.0341. The highest BCUT2D eigenvalue weighted by Gasteiger charge is 2.43. The molecule has 1 aromatic carbocycles. The van der Waals surface area contributed by atoms with Crippen molar-refractivity contribution < 1.29 is 26.3 Å². The normalized spacial score (nSPS) is 25.6. The van der Waals surface area contributed by atoms with Crippen molar-refractivity contribution in [2.24, 2.45) is 5.92 Å². The van der Waals surface area contributed by atoms with Crippen molar-refractivity contribution in [2.75, 3.05) is 50.5 Å². The van der Waals surface area contributed by atoms with E-state index < -0.39 is 22.1 Å². The predicted molar refractivity (Wildman–Crippen MR) is 96.7 cm³/mol. The van der Waals surface area contributed by atoms with Crippen molar-refractivity contribution in [2.45, 2.75) is 30.0 Å². The second-order valence-electron chi connectivity index (χ2n) is 7.36. The number of rotatable bonds is 4. The molecule has 9 heteroatoms. The first-order valence-corrected chi connectivity index (χ1v) is 11.0. The minimum Gasteiger partial charge on any atom is -0.369 e. The molecule has 2 aliphatic heterocycles. The Balaban J connectivity index is 1.49. The van der Waals surface area contributed by atoms with E-state index in [1.807, 2.05) is 6.07 Å². The summed E-state index contributed by atoms with van der Waals surface area (Å²) in [5.41, 5.74) is 0.881. The fraction of sp³-hybridized carbons (Fsp3) is 0.667. The van der Waals surface area contributed by atoms with Gasteiger partial charge in [0.25, 0.3) is 0 Å². The Labute approximate surface area is 158 Å². The minimum atomic E-state index is -4.27. The average molecular weight is 406 g/mol. The van der Waals surface area contributed by atoms with E-state index in [1.54, 1.807) is 18.2 Å². The van der Waals surface area contributed by atoms with Crippen LogP contribution in [0.2, 0.25) is 0 Å². The zero-order valence-corrected chi connectivity index (χ0v) is 16.1. The summed E-state index contributed by atoms with van der Waals surface area (Å²) in [5.74, 6) is 0.128. The zero-order chi connectivity index (χ0) is 19.7. The molecule has 152 valence electrons. The molecule has 0 aromatic heterocycles. The molecule has 3 rings (SSSR count). The Morgan fingerprint density at radius 1 is 1.15 bits per heavy atom. The molecule has 0 saturated carbocycles. The van der Waals surface area contributed by atoms with E-state index in [0.717, 1.165) is 38.4 Å². The summed E-state index contributed by atoms with van der Waals surface area (Å²) < 4.78 is 66.4. The van der Waals surface area contributed by atoms with Gasteiger partial charge in [0.1, 0.15) is 0 Å². The van der Waals surface area contributed by atoms with Gasteiger partial charge in [-0.2, -0.15) is 13.2 Å². The Kier molecular flexibility index (Phi) is 6.02. The van der Waals surface area contributed by atoms with Gasteiger partial charge in [0.2, 0.25) is 0 Å². The summed E-state index contributed by atoms with van der Waals surface area (Å²) in [4.78, 5) is 4.70. The molecular weight excluding hydrogens is 381 g/mol. The van der Waals surface area contributed by atoms with Gasteiger partial charge >= 0.3 is 6.18 Å². The monoisotopic (exact) mass is 406 g/mol. The zero-order valence-electron chi connectivity index (χ0n) is 15.3. The highest BCUT2D eigenvalue weighted by Crippen LogP contribution is 2.32. The largest absolute Gasteiger partial charge is 0.414 e. The Bertz CT molecular complexity index is 738. The van der Waals surface area contributed by atoms with Crippen molar-refractivity contribution in [3.05, 3.63) is 24.3 Å². The molecule has 0 radical (unpaired) electrons. The fourth-order valence-corrected chi connectivity index (χ4v) is 4.33. The molecule has 0 N–H and O–H groups in total. The number of anilines is 1. The topological polar surface area (TPSA) is 49.9 Å². The standard InChI is InChI=1S/C18H25F3N2O3S/c1-27(24,25)16-4-2-3-15(11-16)23-9-7-22(8-10-23)12-14-5-6-17(26-13-14)18(19,20)21/h2-4,11,14,17H,5-10,12-13H2,1H3/t14-,17-/m0/s1. The lowest BCUT2D eigenvalue weighted by atomic mass is 9.97. The molecule has 27 heavy (non-hydrogen) atoms. The second kappa shape index (κ2) is 7.97. The summed E-state index contributed by atoms with van der Waals surface area (Å²) in [6.07, 6.45) is -4.13. The molecule has 2 fully saturated rings. The van der Waals surface area contributed by atoms with Crippen molar-refractivity contribution in [3.63, 3.8) is 0 Å². The van der Waals surface area contributed by atoms with E-state index in [0.29, 0.717) is 11.3 Å². The maximum absolute atomic E-state index is 12.7. The Morgan fingerprint density at radius 3 is 2.41 bits per heavy atom. The average Bonchev–Trinajstić information content (AvgIpc) is 2.61. The number of ether oxygens (including phenoxy) is 1. The lowest BCUT2D eigenvalue weighted by Gasteiger charge is -2.39. The van der Waals surface area contributed by atoms with Gasteiger partial charge in [-0.1, -0.05) is 6.07 Å². The van der Waals surface area contributed by atoms with Crippen LogP contribution in [0.1, 0.15) is 12.8 Å². The summed E-state index contributed by atoms with van der Waals surface area (Å²) in [7, 11) is -3.24. The Morgan fingerprint density at radius 2 is 1.85 bits per heavy atom. The van der Waals surface area contributed by atoms with Gasteiger partial charge in [-0.05, 0) is 37.0 Å². The first kappa shape index (κ1) is 20.4. The molecule has 2 saturated heterocycles. The van der Waals surface area contributed by atoms with E-state index in [-0.39, 0.29) is 18.9 Å². The van der Waals surface area contributed by atoms with Crippen LogP contribution in [0.15, 0.2) is 29.2 Å². The van der Waals surface area contributed by atoms with Gasteiger partial charge in [0.05, 0.1) is 11.5 Å². The lowest BCUT2D eigenvalue weighted by Crippen LogP contribution is -2.49. The fourth-order valence-electron chi connectivity index (χ4n) is 3.67. The van der Waals surface area contributed by atoms with Gasteiger partial charge in [0, 0.05) is 44.7 Å². The molecule has 0 aliphatic carbocycles. The van der Waals surface area contributed by atoms with Crippen molar-refractivity contribution in [1.29, 1.82) is 0 Å². The van der Waals surface area contributed by atoms with E-state index in [4.69, 9.17) is 4.74 Å². The van der Waals surface area contributed by atoms with Crippen LogP contribution < -0.4 is 4.90 Å². The third-order valence-corrected chi connectivity index (χ3v) is 6.35. The summed E-state index contributed by atoms with van der Waals surface area (Å²) in [6, 6.07) is 6.93. The summed E-state index contributed by atoms with van der Waals surface area (Å²) in [6.45, 7) is 3.99. The van der Waals surface area contributed by atoms with Gasteiger partial charge in [0.15, 0.2) is 15.9 Å². The number of halogens is 3. The maximum atomic E-state index is 12.7. The molecule has 2 atom stereocenters. The number of hydrogen-bond donors (Lipinski definition) is 0. The number of sulfone groups is 1. The van der Waals surface area contributed by atoms with Crippen LogP contribution in [-0.2, 0) is 14.6 Å². The van der Waals surface area contributed by atoms with E-state index in [9.17, 15) is 21.6 Å². The summed E-state index contributed by atoms with van der Waals surface area (Å²) in [5, 5.41) is 0. The van der Waals surface area contributed by atoms with Crippen LogP contribution in [0.25, 0.3) is 0 Å². The van der Waals surface area contributed by atoms with Gasteiger partial charge in [-0.3, -0.25) is 4.90 Å². The van der Waals surface area contributed by atoms with Crippen LogP contribution in [-0.4, -0.2) is 71.2 Å². The van der Waals surface area contributed by atoms with E-state index >= 15 is 0 Å². The molecule has 2 heterocycles. The van der Waals surface area contributed by atoms with E-state index in [2.05, 4.69) is 9.80 Å². The maximum Gasteiger partial charge on any atom is 0.414 e. The third-order valence-electron chi connectivity index (χ3n) is 5.23. The summed E-state index contributed by atoms with van der Waals surface area (Å²) >= 11 is 0. The quantitative estimate of drug-likeness (QED) is 0.769. The smallest absolute Gasteiger partial charge is 0.369 e. The van der Waals surface area contributed by atoms with Crippen molar-refractivity contribution in [3.8, 4) is 0 Å². The number of piperazine rings is 1. The van der Waals surface area contributed by atoms with Crippen LogP contribution in [0.4, 0.5) is 18.9 Å². The van der Waals surface area contributed by atoms with Gasteiger partial charge in [-0.15, -0.1) is 0 Å². The number of nitrogens with zero attached hydrogens (tertiary/aromatic N) is 2. The van der Waals surface area contributed by atoms with Crippen molar-refractivity contribution >= 4 is 15.5 Å². The second-order valence-corrected chi connectivity index (χ2v) is 9.38. The number of hydrogen-bond acceptors (Lipinski definition) is 5. The predicted octanol–water partition coefficient (Wildman–Crippen LogP) is 2.57. The molecule has 5 nitrogen and oxygen atoms in total. The van der Waals surface area contributed by atoms with E-state index in [1.165, 1.54) is 6.26 Å². The molecule has 0 unspecified atom stereocenters. The first-order valence-electron chi connectivity index (χ1n) is 9.08. The molecule has 0 spiro atoms.